The third-order valence-corrected chi connectivity index (χ3v) is 6.24. The number of hydrogen-bond donors (Lipinski definition) is 1. The van der Waals surface area contributed by atoms with Crippen LogP contribution in [0.5, 0.6) is 0 Å². The second-order valence-electron chi connectivity index (χ2n) is 6.81. The topological polar surface area (TPSA) is 104 Å². The third kappa shape index (κ3) is 1.39. The van der Waals surface area contributed by atoms with Crippen LogP contribution < -0.4 is 5.73 Å². The van der Waals surface area contributed by atoms with Crippen LogP contribution in [-0.4, -0.2) is 24.5 Å². The molecule has 1 saturated heterocycles. The van der Waals surface area contributed by atoms with Gasteiger partial charge < -0.3 is 15.2 Å². The van der Waals surface area contributed by atoms with Crippen LogP contribution in [0.1, 0.15) is 25.8 Å². The minimum Gasteiger partial charge on any atom is -0.386 e. The van der Waals surface area contributed by atoms with E-state index in [0.717, 1.165) is 5.56 Å². The summed E-state index contributed by atoms with van der Waals surface area (Å²) in [7, 11) is 0. The zero-order valence-corrected chi connectivity index (χ0v) is 14.7. The Bertz CT molecular complexity index is 873. The van der Waals surface area contributed by atoms with Crippen molar-refractivity contribution in [3.05, 3.63) is 34.9 Å². The van der Waals surface area contributed by atoms with E-state index in [1.165, 1.54) is 0 Å². The number of halogens is 1. The maximum atomic E-state index is 10.3. The molecule has 2 N–H and O–H groups in total. The molecule has 128 valence electrons. The maximum Gasteiger partial charge on any atom is 0.294 e. The van der Waals surface area contributed by atoms with E-state index >= 15 is 0 Å². The summed E-state index contributed by atoms with van der Waals surface area (Å²) >= 11 is 6.02. The van der Waals surface area contributed by atoms with Crippen molar-refractivity contribution >= 4 is 17.4 Å². The van der Waals surface area contributed by atoms with Crippen molar-refractivity contribution in [1.29, 1.82) is 10.5 Å². The Morgan fingerprint density at radius 3 is 2.48 bits per heavy atom. The van der Waals surface area contributed by atoms with Gasteiger partial charge in [0, 0.05) is 5.02 Å². The van der Waals surface area contributed by atoms with Crippen LogP contribution >= 0.6 is 11.6 Å². The molecule has 0 aromatic heterocycles. The summed E-state index contributed by atoms with van der Waals surface area (Å²) in [5, 5.41) is 21.0. The first-order valence-electron chi connectivity index (χ1n) is 8.17. The van der Waals surface area contributed by atoms with E-state index < -0.39 is 22.2 Å². The summed E-state index contributed by atoms with van der Waals surface area (Å²) in [6.45, 7) is 4.07. The summed E-state index contributed by atoms with van der Waals surface area (Å²) < 4.78 is 11.8. The molecule has 1 spiro atoms. The SMILES string of the molecule is CC[C@]1(c2ccc(Cl)cc2)[C@]2(C#N)C(N)=N[C@@]3(OC[C@H](C)O3)[C@@]21C#N. The highest BCUT2D eigenvalue weighted by molar-refractivity contribution is 6.30. The average molecular weight is 357 g/mol. The standard InChI is InChI=1S/C18H17ClN4O2/c1-3-15(12-4-6-13(19)7-5-12)16(9-20)14(22)23-18(17(15,16)10-21)24-8-11(2)25-18/h4-7,11H,3,8H2,1-2H3,(H2,22,23)/t11-,15-,16-,17+,18+/m0/s1. The van der Waals surface area contributed by atoms with Crippen LogP contribution in [0.25, 0.3) is 0 Å². The van der Waals surface area contributed by atoms with E-state index in [9.17, 15) is 10.5 Å². The average Bonchev–Trinajstić information content (AvgIpc) is 2.86. The summed E-state index contributed by atoms with van der Waals surface area (Å²) in [6, 6.07) is 11.8. The van der Waals surface area contributed by atoms with Gasteiger partial charge in [-0.2, -0.15) is 10.5 Å². The highest BCUT2D eigenvalue weighted by Gasteiger charge is 3.01. The van der Waals surface area contributed by atoms with Gasteiger partial charge in [-0.25, -0.2) is 4.99 Å². The lowest BCUT2D eigenvalue weighted by molar-refractivity contribution is -0.197. The van der Waals surface area contributed by atoms with Crippen molar-refractivity contribution < 1.29 is 9.47 Å². The highest BCUT2D eigenvalue weighted by atomic mass is 35.5. The molecule has 6 nitrogen and oxygen atoms in total. The molecule has 0 bridgehead atoms. The maximum absolute atomic E-state index is 10.3. The van der Waals surface area contributed by atoms with Crippen LogP contribution in [0.3, 0.4) is 0 Å². The Hall–Kier alpha value is -2.12. The molecule has 1 aliphatic carbocycles. The van der Waals surface area contributed by atoms with E-state index in [0.29, 0.717) is 18.1 Å². The second-order valence-corrected chi connectivity index (χ2v) is 7.24. The Labute approximate surface area is 150 Å². The van der Waals surface area contributed by atoms with E-state index in [2.05, 4.69) is 17.1 Å². The number of nitrogens with two attached hydrogens (primary N) is 1. The molecule has 2 fully saturated rings. The quantitative estimate of drug-likeness (QED) is 0.876. The molecule has 7 heteroatoms. The number of nitriles is 2. The second kappa shape index (κ2) is 4.74. The number of nitrogens with zero attached hydrogens (tertiary/aromatic N) is 3. The van der Waals surface area contributed by atoms with Crippen molar-refractivity contribution in [1.82, 2.24) is 0 Å². The largest absolute Gasteiger partial charge is 0.386 e. The van der Waals surface area contributed by atoms with Crippen molar-refractivity contribution in [3.8, 4) is 12.1 Å². The van der Waals surface area contributed by atoms with Gasteiger partial charge in [-0.15, -0.1) is 0 Å². The Morgan fingerprint density at radius 1 is 1.32 bits per heavy atom. The van der Waals surface area contributed by atoms with Gasteiger partial charge in [0.2, 0.25) is 0 Å². The minimum atomic E-state index is -1.55. The molecular weight excluding hydrogens is 340 g/mol. The number of fused-ring (bicyclic) bond motifs is 2. The first-order chi connectivity index (χ1) is 11.9. The molecule has 2 heterocycles. The fourth-order valence-corrected chi connectivity index (χ4v) is 5.21. The Balaban J connectivity index is 2.02. The van der Waals surface area contributed by atoms with Gasteiger partial charge in [0.15, 0.2) is 10.8 Å². The molecular formula is C18H17ClN4O2. The molecule has 0 amide bonds. The van der Waals surface area contributed by atoms with Crippen molar-refractivity contribution in [2.45, 2.75) is 37.7 Å². The third-order valence-electron chi connectivity index (χ3n) is 5.98. The number of rotatable bonds is 2. The van der Waals surface area contributed by atoms with Gasteiger partial charge in [-0.05, 0) is 31.0 Å². The lowest BCUT2D eigenvalue weighted by Crippen LogP contribution is -2.43. The Kier molecular flexibility index (Phi) is 3.10. The molecule has 0 radical (unpaired) electrons. The van der Waals surface area contributed by atoms with E-state index in [1.54, 1.807) is 12.1 Å². The normalized spacial score (nSPS) is 44.0. The number of benzene rings is 1. The van der Waals surface area contributed by atoms with Crippen molar-refractivity contribution in [2.24, 2.45) is 21.6 Å². The first kappa shape index (κ1) is 16.4. The minimum absolute atomic E-state index is 0.0995. The summed E-state index contributed by atoms with van der Waals surface area (Å²) in [5.74, 6) is -1.45. The first-order valence-corrected chi connectivity index (χ1v) is 8.55. The molecule has 25 heavy (non-hydrogen) atoms. The van der Waals surface area contributed by atoms with Gasteiger partial charge in [0.25, 0.3) is 5.91 Å². The van der Waals surface area contributed by atoms with Crippen LogP contribution in [0.15, 0.2) is 29.3 Å². The van der Waals surface area contributed by atoms with Gasteiger partial charge in [0.1, 0.15) is 5.84 Å². The van der Waals surface area contributed by atoms with Gasteiger partial charge in [-0.1, -0.05) is 30.7 Å². The summed E-state index contributed by atoms with van der Waals surface area (Å²) in [4.78, 5) is 4.35. The molecule has 1 aromatic carbocycles. The van der Waals surface area contributed by atoms with Crippen molar-refractivity contribution in [3.63, 3.8) is 0 Å². The number of ether oxygens (including phenoxy) is 2. The predicted octanol–water partition coefficient (Wildman–Crippen LogP) is 2.48. The molecule has 2 aliphatic heterocycles. The number of hydrogen-bond acceptors (Lipinski definition) is 6. The molecule has 0 unspecified atom stereocenters. The van der Waals surface area contributed by atoms with Crippen LogP contribution in [-0.2, 0) is 14.9 Å². The fraction of sp³-hybridized carbons (Fsp3) is 0.500. The van der Waals surface area contributed by atoms with E-state index in [4.69, 9.17) is 26.8 Å². The number of aliphatic imine (C=N–C) groups is 1. The summed E-state index contributed by atoms with van der Waals surface area (Å²) in [5.41, 5.74) is 3.55. The van der Waals surface area contributed by atoms with E-state index in [1.807, 2.05) is 26.0 Å². The predicted molar refractivity (Wildman–Crippen MR) is 90.4 cm³/mol. The molecule has 1 saturated carbocycles. The van der Waals surface area contributed by atoms with Crippen LogP contribution in [0, 0.1) is 33.5 Å². The molecule has 3 aliphatic rings. The van der Waals surface area contributed by atoms with Crippen LogP contribution in [0.2, 0.25) is 5.02 Å². The van der Waals surface area contributed by atoms with E-state index in [-0.39, 0.29) is 11.9 Å². The summed E-state index contributed by atoms with van der Waals surface area (Å²) in [6.07, 6.45) is 0.270. The molecule has 1 aromatic rings. The lowest BCUT2D eigenvalue weighted by atomic mass is 9.80. The van der Waals surface area contributed by atoms with Crippen molar-refractivity contribution in [2.75, 3.05) is 6.61 Å². The van der Waals surface area contributed by atoms with Crippen LogP contribution in [0.4, 0.5) is 0 Å². The smallest absolute Gasteiger partial charge is 0.294 e. The zero-order chi connectivity index (χ0) is 18.1. The molecule has 5 atom stereocenters. The lowest BCUT2D eigenvalue weighted by Gasteiger charge is -2.31. The number of amidine groups is 1. The zero-order valence-electron chi connectivity index (χ0n) is 13.9. The highest BCUT2D eigenvalue weighted by Crippen LogP contribution is 2.86. The van der Waals surface area contributed by atoms with Gasteiger partial charge >= 0.3 is 0 Å². The Morgan fingerprint density at radius 2 is 2.00 bits per heavy atom. The molecule has 4 rings (SSSR count). The van der Waals surface area contributed by atoms with Gasteiger partial charge in [0.05, 0.1) is 30.3 Å². The monoisotopic (exact) mass is 356 g/mol. The fourth-order valence-electron chi connectivity index (χ4n) is 5.09. The van der Waals surface area contributed by atoms with Gasteiger partial charge in [-0.3, -0.25) is 0 Å².